The molecule has 1 fully saturated rings. The highest BCUT2D eigenvalue weighted by atomic mass is 19.3. The van der Waals surface area contributed by atoms with Crippen LogP contribution in [0.1, 0.15) is 54.5 Å². The van der Waals surface area contributed by atoms with Gasteiger partial charge in [-0.15, -0.1) is 0 Å². The normalized spacial score (nSPS) is 19.2. The number of H-pyrrole nitrogens is 1. The summed E-state index contributed by atoms with van der Waals surface area (Å²) in [6, 6.07) is 1.86. The molecule has 0 amide bonds. The van der Waals surface area contributed by atoms with Gasteiger partial charge in [-0.25, -0.2) is 8.78 Å². The van der Waals surface area contributed by atoms with Crippen molar-refractivity contribution in [2.75, 3.05) is 6.61 Å². The molecule has 1 aromatic heterocycles. The fourth-order valence-electron chi connectivity index (χ4n) is 3.35. The number of aromatic amines is 1. The van der Waals surface area contributed by atoms with Crippen molar-refractivity contribution in [2.45, 2.75) is 58.3 Å². The molecular weight excluding hydrogens is 330 g/mol. The summed E-state index contributed by atoms with van der Waals surface area (Å²) in [4.78, 5) is 26.2. The number of alkyl halides is 2. The summed E-state index contributed by atoms with van der Waals surface area (Å²) in [5, 5.41) is 9.04. The van der Waals surface area contributed by atoms with Crippen LogP contribution in [0.3, 0.4) is 0 Å². The lowest BCUT2D eigenvalue weighted by atomic mass is 9.87. The molecule has 5 nitrogen and oxygen atoms in total. The number of ether oxygens (including phenoxy) is 1. The van der Waals surface area contributed by atoms with Crippen LogP contribution in [0, 0.1) is 31.1 Å². The third-order valence-electron chi connectivity index (χ3n) is 4.72. The SMILES string of the molecule is Cc1[nH]c(=O)c(C#N)c(C)c1CCC(=O)OC[C@@H]1CCCC(F)(F)C1. The number of aromatic nitrogens is 1. The molecule has 1 atom stereocenters. The molecule has 0 aromatic carbocycles. The Morgan fingerprint density at radius 1 is 1.44 bits per heavy atom. The largest absolute Gasteiger partial charge is 0.465 e. The number of nitriles is 1. The van der Waals surface area contributed by atoms with Crippen molar-refractivity contribution >= 4 is 5.97 Å². The Bertz CT molecular complexity index is 750. The quantitative estimate of drug-likeness (QED) is 0.825. The van der Waals surface area contributed by atoms with Gasteiger partial charge >= 0.3 is 5.97 Å². The van der Waals surface area contributed by atoms with E-state index in [4.69, 9.17) is 10.00 Å². The molecule has 7 heteroatoms. The van der Waals surface area contributed by atoms with Gasteiger partial charge in [-0.05, 0) is 50.2 Å². The third kappa shape index (κ3) is 4.88. The number of pyridine rings is 1. The number of halogens is 2. The van der Waals surface area contributed by atoms with Gasteiger partial charge in [-0.1, -0.05) is 0 Å². The molecule has 0 unspecified atom stereocenters. The van der Waals surface area contributed by atoms with Crippen LogP contribution < -0.4 is 5.56 Å². The average Bonchev–Trinajstić information content (AvgIpc) is 2.52. The molecule has 1 aliphatic rings. The van der Waals surface area contributed by atoms with Crippen LogP contribution >= 0.6 is 0 Å². The average molecular weight is 352 g/mol. The number of nitrogens with zero attached hydrogens (tertiary/aromatic N) is 1. The second-order valence-electron chi connectivity index (χ2n) is 6.67. The van der Waals surface area contributed by atoms with E-state index in [2.05, 4.69) is 4.98 Å². The van der Waals surface area contributed by atoms with E-state index in [9.17, 15) is 18.4 Å². The topological polar surface area (TPSA) is 83.0 Å². The number of rotatable bonds is 5. The summed E-state index contributed by atoms with van der Waals surface area (Å²) < 4.78 is 31.8. The van der Waals surface area contributed by atoms with Crippen LogP contribution in [-0.4, -0.2) is 23.5 Å². The lowest BCUT2D eigenvalue weighted by Crippen LogP contribution is -2.29. The molecule has 0 aliphatic heterocycles. The van der Waals surface area contributed by atoms with Gasteiger partial charge in [0.25, 0.3) is 5.56 Å². The first-order valence-corrected chi connectivity index (χ1v) is 8.39. The zero-order valence-electron chi connectivity index (χ0n) is 14.5. The molecule has 1 aliphatic carbocycles. The molecule has 0 radical (unpaired) electrons. The van der Waals surface area contributed by atoms with Gasteiger partial charge in [0.15, 0.2) is 0 Å². The van der Waals surface area contributed by atoms with Crippen LogP contribution in [0.2, 0.25) is 0 Å². The van der Waals surface area contributed by atoms with E-state index in [-0.39, 0.29) is 37.4 Å². The van der Waals surface area contributed by atoms with E-state index in [1.165, 1.54) is 0 Å². The number of carbonyl (C=O) groups is 1. The van der Waals surface area contributed by atoms with E-state index in [0.29, 0.717) is 30.5 Å². The van der Waals surface area contributed by atoms with E-state index in [1.54, 1.807) is 13.8 Å². The zero-order chi connectivity index (χ0) is 18.6. The number of hydrogen-bond acceptors (Lipinski definition) is 4. The molecule has 0 bridgehead atoms. The highest BCUT2D eigenvalue weighted by Crippen LogP contribution is 2.36. The fourth-order valence-corrected chi connectivity index (χ4v) is 3.35. The molecule has 136 valence electrons. The van der Waals surface area contributed by atoms with Gasteiger partial charge in [0.2, 0.25) is 5.92 Å². The first-order chi connectivity index (χ1) is 11.7. The summed E-state index contributed by atoms with van der Waals surface area (Å²) in [5.41, 5.74) is 1.50. The van der Waals surface area contributed by atoms with Crippen molar-refractivity contribution in [1.82, 2.24) is 4.98 Å². The van der Waals surface area contributed by atoms with E-state index in [1.807, 2.05) is 6.07 Å². The van der Waals surface area contributed by atoms with Crippen molar-refractivity contribution in [2.24, 2.45) is 5.92 Å². The Balaban J connectivity index is 1.91. The summed E-state index contributed by atoms with van der Waals surface area (Å²) in [7, 11) is 0. The van der Waals surface area contributed by atoms with Crippen LogP contribution in [0.4, 0.5) is 8.78 Å². The Morgan fingerprint density at radius 2 is 2.16 bits per heavy atom. The number of hydrogen-bond donors (Lipinski definition) is 1. The zero-order valence-corrected chi connectivity index (χ0v) is 14.5. The van der Waals surface area contributed by atoms with E-state index >= 15 is 0 Å². The standard InChI is InChI=1S/C18H22F2N2O3/c1-11-14(12(2)22-17(24)15(11)9-21)5-6-16(23)25-10-13-4-3-7-18(19,20)8-13/h13H,3-8,10H2,1-2H3,(H,22,24)/t13-/m1/s1. The maximum atomic E-state index is 13.3. The van der Waals surface area contributed by atoms with E-state index < -0.39 is 17.5 Å². The van der Waals surface area contributed by atoms with Gasteiger partial charge in [0.1, 0.15) is 11.6 Å². The van der Waals surface area contributed by atoms with Gasteiger partial charge in [-0.2, -0.15) is 5.26 Å². The van der Waals surface area contributed by atoms with Crippen LogP contribution in [-0.2, 0) is 16.0 Å². The highest BCUT2D eigenvalue weighted by Gasteiger charge is 2.36. The minimum Gasteiger partial charge on any atom is -0.465 e. The highest BCUT2D eigenvalue weighted by molar-refractivity contribution is 5.70. The second-order valence-corrected chi connectivity index (χ2v) is 6.67. The lowest BCUT2D eigenvalue weighted by molar-refractivity contribution is -0.147. The summed E-state index contributed by atoms with van der Waals surface area (Å²) >= 11 is 0. The molecule has 1 aromatic rings. The fraction of sp³-hybridized carbons (Fsp3) is 0.611. The summed E-state index contributed by atoms with van der Waals surface area (Å²) in [5.74, 6) is -3.42. The molecule has 0 spiro atoms. The minimum atomic E-state index is -2.66. The molecular formula is C18H22F2N2O3. The van der Waals surface area contributed by atoms with Crippen LogP contribution in [0.15, 0.2) is 4.79 Å². The van der Waals surface area contributed by atoms with Crippen molar-refractivity contribution in [3.8, 4) is 6.07 Å². The second kappa shape index (κ2) is 7.77. The maximum Gasteiger partial charge on any atom is 0.306 e. The van der Waals surface area contributed by atoms with Crippen molar-refractivity contribution in [1.29, 1.82) is 5.26 Å². The number of esters is 1. The molecule has 1 heterocycles. The van der Waals surface area contributed by atoms with E-state index in [0.717, 1.165) is 5.56 Å². The van der Waals surface area contributed by atoms with Crippen LogP contribution in [0.5, 0.6) is 0 Å². The monoisotopic (exact) mass is 352 g/mol. The van der Waals surface area contributed by atoms with Gasteiger partial charge in [0, 0.05) is 25.0 Å². The number of aryl methyl sites for hydroxylation is 1. The Hall–Kier alpha value is -2.23. The number of nitrogens with one attached hydrogen (secondary N) is 1. The van der Waals surface area contributed by atoms with Crippen LogP contribution in [0.25, 0.3) is 0 Å². The summed E-state index contributed by atoms with van der Waals surface area (Å²) in [6.45, 7) is 3.40. The smallest absolute Gasteiger partial charge is 0.306 e. The molecule has 1 N–H and O–H groups in total. The minimum absolute atomic E-state index is 0.0153. The van der Waals surface area contributed by atoms with Gasteiger partial charge in [0.05, 0.1) is 6.61 Å². The predicted molar refractivity (Wildman–Crippen MR) is 87.4 cm³/mol. The Kier molecular flexibility index (Phi) is 5.93. The molecule has 0 saturated heterocycles. The lowest BCUT2D eigenvalue weighted by Gasteiger charge is -2.28. The third-order valence-corrected chi connectivity index (χ3v) is 4.72. The number of carbonyl (C=O) groups excluding carboxylic acids is 1. The molecule has 2 rings (SSSR count). The van der Waals surface area contributed by atoms with Crippen molar-refractivity contribution in [3.05, 3.63) is 32.7 Å². The Labute approximate surface area is 145 Å². The maximum absolute atomic E-state index is 13.3. The van der Waals surface area contributed by atoms with Crippen molar-refractivity contribution in [3.63, 3.8) is 0 Å². The van der Waals surface area contributed by atoms with Gasteiger partial charge in [-0.3, -0.25) is 9.59 Å². The molecule has 25 heavy (non-hydrogen) atoms. The first kappa shape index (κ1) is 19.1. The molecule has 1 saturated carbocycles. The summed E-state index contributed by atoms with van der Waals surface area (Å²) in [6.07, 6.45) is 1.16. The van der Waals surface area contributed by atoms with Gasteiger partial charge < -0.3 is 9.72 Å². The van der Waals surface area contributed by atoms with Crippen molar-refractivity contribution < 1.29 is 18.3 Å². The Morgan fingerprint density at radius 3 is 2.80 bits per heavy atom. The predicted octanol–water partition coefficient (Wildman–Crippen LogP) is 3.16. The first-order valence-electron chi connectivity index (χ1n) is 8.39.